The first-order valence-corrected chi connectivity index (χ1v) is 11.7. The van der Waals surface area contributed by atoms with Crippen LogP contribution in [0.4, 0.5) is 8.78 Å². The van der Waals surface area contributed by atoms with E-state index in [1.165, 1.54) is 12.1 Å². The van der Waals surface area contributed by atoms with E-state index in [0.717, 1.165) is 29.8 Å². The molecule has 14 heteroatoms. The van der Waals surface area contributed by atoms with Crippen LogP contribution in [0, 0.1) is 5.82 Å². The number of aliphatic hydroxyl groups excluding tert-OH is 1. The van der Waals surface area contributed by atoms with Gasteiger partial charge in [0, 0.05) is 29.3 Å². The molecule has 0 radical (unpaired) electrons. The molecule has 0 spiro atoms. The van der Waals surface area contributed by atoms with E-state index in [1.54, 1.807) is 0 Å². The number of hydrogen-bond donors (Lipinski definition) is 2. The number of H-pyrrole nitrogens is 1. The zero-order chi connectivity index (χ0) is 24.0. The second-order valence-electron chi connectivity index (χ2n) is 7.77. The number of nitrogens with zero attached hydrogens (tertiary/aromatic N) is 1. The number of halogens is 3. The molecule has 0 amide bonds. The lowest BCUT2D eigenvalue weighted by atomic mass is 9.98. The van der Waals surface area contributed by atoms with Gasteiger partial charge in [0.25, 0.3) is 5.56 Å². The molecule has 4 rings (SSSR count). The standard InChI is InChI=1S/C19H20ClF2N2O8P/c1-19(22)16(26)14(31-17(19)24-6-4-15(25)23-18(24)27)9-30-33(28)29-7-5-13(32-33)11-8-10(20)2-3-12(11)21/h2-4,6,8,13-14,16-17,26H,5,7,9H2,1H3,(H,23,25,27)/t13-,14-,16-,17-,19-,33+/m1/s1. The molecule has 2 aliphatic rings. The normalized spacial score (nSPS) is 34.5. The van der Waals surface area contributed by atoms with Gasteiger partial charge in [-0.3, -0.25) is 27.9 Å². The van der Waals surface area contributed by atoms with E-state index in [-0.39, 0.29) is 23.6 Å². The van der Waals surface area contributed by atoms with Crippen LogP contribution in [0.2, 0.25) is 5.02 Å². The summed E-state index contributed by atoms with van der Waals surface area (Å²) in [6, 6.07) is 4.83. The van der Waals surface area contributed by atoms with Crippen LogP contribution in [0.1, 0.15) is 31.2 Å². The number of ether oxygens (including phenoxy) is 1. The number of aromatic nitrogens is 2. The molecule has 6 atom stereocenters. The Morgan fingerprint density at radius 2 is 2.15 bits per heavy atom. The highest BCUT2D eigenvalue weighted by Gasteiger charge is 2.56. The lowest BCUT2D eigenvalue weighted by Crippen LogP contribution is -2.43. The van der Waals surface area contributed by atoms with Gasteiger partial charge in [0.2, 0.25) is 0 Å². The van der Waals surface area contributed by atoms with Crippen molar-refractivity contribution in [3.8, 4) is 0 Å². The molecular formula is C19H20ClF2N2O8P. The highest BCUT2D eigenvalue weighted by molar-refractivity contribution is 7.48. The fourth-order valence-electron chi connectivity index (χ4n) is 3.68. The van der Waals surface area contributed by atoms with Gasteiger partial charge in [-0.05, 0) is 25.1 Å². The third-order valence-electron chi connectivity index (χ3n) is 5.41. The average Bonchev–Trinajstić information content (AvgIpc) is 2.97. The number of aliphatic hydroxyl groups is 1. The lowest BCUT2D eigenvalue weighted by molar-refractivity contribution is -0.0655. The van der Waals surface area contributed by atoms with Gasteiger partial charge >= 0.3 is 13.5 Å². The topological polar surface area (TPSA) is 129 Å². The van der Waals surface area contributed by atoms with Crippen molar-refractivity contribution in [2.24, 2.45) is 0 Å². The van der Waals surface area contributed by atoms with Crippen LogP contribution >= 0.6 is 19.4 Å². The van der Waals surface area contributed by atoms with E-state index in [2.05, 4.69) is 0 Å². The number of alkyl halides is 1. The first-order valence-electron chi connectivity index (χ1n) is 9.86. The largest absolute Gasteiger partial charge is 0.475 e. The zero-order valence-electron chi connectivity index (χ0n) is 17.2. The van der Waals surface area contributed by atoms with E-state index >= 15 is 4.39 Å². The van der Waals surface area contributed by atoms with Crippen molar-refractivity contribution in [2.45, 2.75) is 43.6 Å². The number of nitrogens with one attached hydrogen (secondary N) is 1. The Bertz CT molecular complexity index is 1200. The maximum absolute atomic E-state index is 15.2. The number of phosphoric acid groups is 1. The summed E-state index contributed by atoms with van der Waals surface area (Å²) in [6.07, 6.45) is -4.54. The molecule has 1 aromatic carbocycles. The Hall–Kier alpha value is -1.92. The number of phosphoric ester groups is 1. The summed E-state index contributed by atoms with van der Waals surface area (Å²) in [5, 5.41) is 10.7. The van der Waals surface area contributed by atoms with E-state index in [1.807, 2.05) is 4.98 Å². The molecule has 33 heavy (non-hydrogen) atoms. The molecule has 10 nitrogen and oxygen atoms in total. The molecule has 1 aromatic heterocycles. The molecule has 2 fully saturated rings. The fourth-order valence-corrected chi connectivity index (χ4v) is 5.25. The van der Waals surface area contributed by atoms with Gasteiger partial charge in [0.05, 0.1) is 19.3 Å². The Morgan fingerprint density at radius 3 is 2.88 bits per heavy atom. The van der Waals surface area contributed by atoms with Gasteiger partial charge < -0.3 is 9.84 Å². The smallest absolute Gasteiger partial charge is 0.387 e. The Balaban J connectivity index is 1.48. The van der Waals surface area contributed by atoms with Crippen molar-refractivity contribution in [3.05, 3.63) is 67.7 Å². The minimum absolute atomic E-state index is 0.0700. The molecule has 0 unspecified atom stereocenters. The van der Waals surface area contributed by atoms with E-state index in [9.17, 15) is 23.7 Å². The third kappa shape index (κ3) is 4.83. The lowest BCUT2D eigenvalue weighted by Gasteiger charge is -2.30. The van der Waals surface area contributed by atoms with Crippen LogP contribution < -0.4 is 11.2 Å². The fraction of sp³-hybridized carbons (Fsp3) is 0.474. The summed E-state index contributed by atoms with van der Waals surface area (Å²) in [6.45, 7) is 0.295. The van der Waals surface area contributed by atoms with Crippen LogP contribution in [-0.2, 0) is 22.9 Å². The van der Waals surface area contributed by atoms with Crippen molar-refractivity contribution in [3.63, 3.8) is 0 Å². The van der Waals surface area contributed by atoms with Crippen molar-refractivity contribution in [2.75, 3.05) is 13.2 Å². The minimum Gasteiger partial charge on any atom is -0.387 e. The van der Waals surface area contributed by atoms with Crippen LogP contribution in [0.5, 0.6) is 0 Å². The van der Waals surface area contributed by atoms with E-state index < -0.39 is 61.7 Å². The maximum Gasteiger partial charge on any atom is 0.475 e. The third-order valence-corrected chi connectivity index (χ3v) is 7.12. The van der Waals surface area contributed by atoms with Crippen LogP contribution in [-0.4, -0.2) is 45.7 Å². The number of benzene rings is 1. The second kappa shape index (κ2) is 9.03. The van der Waals surface area contributed by atoms with Crippen LogP contribution in [0.3, 0.4) is 0 Å². The van der Waals surface area contributed by atoms with Gasteiger partial charge in [-0.1, -0.05) is 11.6 Å². The van der Waals surface area contributed by atoms with Crippen molar-refractivity contribution in [1.82, 2.24) is 9.55 Å². The first-order chi connectivity index (χ1) is 15.5. The maximum atomic E-state index is 15.2. The van der Waals surface area contributed by atoms with E-state index in [0.29, 0.717) is 0 Å². The highest BCUT2D eigenvalue weighted by atomic mass is 35.5. The first kappa shape index (κ1) is 24.2. The minimum atomic E-state index is -4.24. The van der Waals surface area contributed by atoms with Crippen molar-refractivity contribution in [1.29, 1.82) is 0 Å². The van der Waals surface area contributed by atoms with Gasteiger partial charge in [0.15, 0.2) is 11.9 Å². The molecule has 180 valence electrons. The van der Waals surface area contributed by atoms with Crippen LogP contribution in [0.25, 0.3) is 0 Å². The monoisotopic (exact) mass is 508 g/mol. The molecular weight excluding hydrogens is 489 g/mol. The van der Waals surface area contributed by atoms with E-state index in [4.69, 9.17) is 29.9 Å². The van der Waals surface area contributed by atoms with Gasteiger partial charge in [-0.25, -0.2) is 18.1 Å². The summed E-state index contributed by atoms with van der Waals surface area (Å²) in [7, 11) is -4.24. The SMILES string of the molecule is C[C@@]1(F)[C@H](O)[C@@H](CO[P@]2(=O)OCC[C@H](c3cc(Cl)ccc3F)O2)O[C@H]1n1ccc(=O)[nH]c1=O. The summed E-state index contributed by atoms with van der Waals surface area (Å²) in [5.41, 5.74) is -4.03. The molecule has 0 aliphatic carbocycles. The Morgan fingerprint density at radius 1 is 1.39 bits per heavy atom. The summed E-state index contributed by atoms with van der Waals surface area (Å²) in [4.78, 5) is 25.3. The molecule has 0 bridgehead atoms. The van der Waals surface area contributed by atoms with Gasteiger partial charge in [-0.2, -0.15) is 0 Å². The Labute approximate surface area is 190 Å². The van der Waals surface area contributed by atoms with Gasteiger partial charge in [-0.15, -0.1) is 0 Å². The second-order valence-corrected chi connectivity index (χ2v) is 9.82. The van der Waals surface area contributed by atoms with Crippen molar-refractivity contribution < 1.29 is 36.8 Å². The quantitative estimate of drug-likeness (QED) is 0.590. The molecule has 2 aromatic rings. The predicted molar refractivity (Wildman–Crippen MR) is 110 cm³/mol. The molecule has 3 heterocycles. The number of rotatable bonds is 5. The number of hydrogen-bond acceptors (Lipinski definition) is 8. The molecule has 2 saturated heterocycles. The molecule has 2 aliphatic heterocycles. The van der Waals surface area contributed by atoms with Gasteiger partial charge in [0.1, 0.15) is 18.0 Å². The summed E-state index contributed by atoms with van der Waals surface area (Å²) >= 11 is 5.90. The molecule has 0 saturated carbocycles. The number of aromatic amines is 1. The average molecular weight is 509 g/mol. The van der Waals surface area contributed by atoms with Crippen molar-refractivity contribution >= 4 is 19.4 Å². The van der Waals surface area contributed by atoms with Crippen LogP contribution in [0.15, 0.2) is 40.1 Å². The highest BCUT2D eigenvalue weighted by Crippen LogP contribution is 2.57. The zero-order valence-corrected chi connectivity index (χ0v) is 18.8. The molecule has 2 N–H and O–H groups in total. The summed E-state index contributed by atoms with van der Waals surface area (Å²) in [5.74, 6) is -0.616. The Kier molecular flexibility index (Phi) is 6.62. The summed E-state index contributed by atoms with van der Waals surface area (Å²) < 4.78 is 64.3. The predicted octanol–water partition coefficient (Wildman–Crippen LogP) is 2.62.